The second kappa shape index (κ2) is 7.14. The van der Waals surface area contributed by atoms with E-state index < -0.39 is 11.2 Å². The second-order valence-corrected chi connectivity index (χ2v) is 7.31. The molecule has 0 fully saturated rings. The predicted molar refractivity (Wildman–Crippen MR) is 111 cm³/mol. The third kappa shape index (κ3) is 2.87. The molecule has 0 aliphatic rings. The minimum Gasteiger partial charge on any atom is -0.310 e. The average molecular weight is 379 g/mol. The molecule has 0 saturated heterocycles. The molecule has 3 heterocycles. The van der Waals surface area contributed by atoms with Crippen LogP contribution in [-0.4, -0.2) is 23.5 Å². The molecular weight excluding hydrogens is 354 g/mol. The van der Waals surface area contributed by atoms with Crippen molar-refractivity contribution in [1.82, 2.24) is 23.5 Å². The quantitative estimate of drug-likeness (QED) is 0.523. The molecule has 4 aromatic rings. The molecule has 4 rings (SSSR count). The largest absolute Gasteiger partial charge is 0.329 e. The number of aryl methyl sites for hydroxylation is 3. The minimum atomic E-state index is -0.452. The highest BCUT2D eigenvalue weighted by Gasteiger charge is 2.20. The van der Waals surface area contributed by atoms with Crippen molar-refractivity contribution in [3.63, 3.8) is 0 Å². The molecule has 7 nitrogen and oxygen atoms in total. The molecule has 0 saturated carbocycles. The van der Waals surface area contributed by atoms with Crippen LogP contribution in [-0.2, 0) is 13.6 Å². The highest BCUT2D eigenvalue weighted by atomic mass is 16.2. The fourth-order valence-electron chi connectivity index (χ4n) is 3.80. The molecule has 3 aromatic heterocycles. The van der Waals surface area contributed by atoms with Crippen LogP contribution in [0.4, 0.5) is 0 Å². The van der Waals surface area contributed by atoms with Gasteiger partial charge in [0.1, 0.15) is 0 Å². The van der Waals surface area contributed by atoms with E-state index in [1.165, 1.54) is 23.0 Å². The zero-order valence-electron chi connectivity index (χ0n) is 16.5. The summed E-state index contributed by atoms with van der Waals surface area (Å²) < 4.78 is 5.37. The zero-order valence-corrected chi connectivity index (χ0v) is 16.5. The van der Waals surface area contributed by atoms with E-state index in [1.54, 1.807) is 7.05 Å². The van der Waals surface area contributed by atoms with Crippen molar-refractivity contribution >= 4 is 16.9 Å². The van der Waals surface area contributed by atoms with Crippen molar-refractivity contribution in [2.75, 3.05) is 0 Å². The van der Waals surface area contributed by atoms with E-state index in [4.69, 9.17) is 0 Å². The Labute approximate surface area is 162 Å². The number of nitrogens with one attached hydrogen (secondary N) is 1. The summed E-state index contributed by atoms with van der Waals surface area (Å²) in [5, 5.41) is 0. The van der Waals surface area contributed by atoms with Gasteiger partial charge in [-0.2, -0.15) is 4.98 Å². The van der Waals surface area contributed by atoms with Gasteiger partial charge in [-0.15, -0.1) is 0 Å². The number of nitrogens with zero attached hydrogens (tertiary/aromatic N) is 4. The summed E-state index contributed by atoms with van der Waals surface area (Å²) in [6.45, 7) is 5.09. The van der Waals surface area contributed by atoms with Gasteiger partial charge in [0.25, 0.3) is 5.56 Å². The van der Waals surface area contributed by atoms with Crippen molar-refractivity contribution in [3.8, 4) is 11.3 Å². The molecule has 0 aliphatic heterocycles. The van der Waals surface area contributed by atoms with Gasteiger partial charge in [-0.1, -0.05) is 50.5 Å². The lowest BCUT2D eigenvalue weighted by molar-refractivity contribution is 0.593. The van der Waals surface area contributed by atoms with Crippen LogP contribution in [0.15, 0.2) is 40.1 Å². The number of fused-ring (bicyclic) bond motifs is 3. The fraction of sp³-hybridized carbons (Fsp3) is 0.381. The number of hydrogen-bond donors (Lipinski definition) is 1. The maximum atomic E-state index is 12.5. The first-order valence-electron chi connectivity index (χ1n) is 9.79. The fourth-order valence-corrected chi connectivity index (χ4v) is 3.80. The first kappa shape index (κ1) is 18.3. The van der Waals surface area contributed by atoms with Gasteiger partial charge in [0.2, 0.25) is 5.78 Å². The van der Waals surface area contributed by atoms with E-state index in [0.717, 1.165) is 30.6 Å². The van der Waals surface area contributed by atoms with E-state index in [-0.39, 0.29) is 0 Å². The first-order valence-corrected chi connectivity index (χ1v) is 9.79. The molecule has 0 spiro atoms. The Bertz CT molecular complexity index is 1270. The summed E-state index contributed by atoms with van der Waals surface area (Å²) in [5.41, 5.74) is 3.27. The topological polar surface area (TPSA) is 77.1 Å². The van der Waals surface area contributed by atoms with Crippen LogP contribution in [0.1, 0.15) is 38.2 Å². The van der Waals surface area contributed by atoms with Crippen LogP contribution in [0, 0.1) is 6.92 Å². The van der Waals surface area contributed by atoms with Gasteiger partial charge < -0.3 is 4.57 Å². The van der Waals surface area contributed by atoms with Crippen LogP contribution in [0.3, 0.4) is 0 Å². The number of aromatic amines is 1. The zero-order chi connectivity index (χ0) is 19.8. The summed E-state index contributed by atoms with van der Waals surface area (Å²) in [4.78, 5) is 31.5. The Balaban J connectivity index is 1.98. The van der Waals surface area contributed by atoms with Crippen molar-refractivity contribution in [1.29, 1.82) is 0 Å². The highest BCUT2D eigenvalue weighted by molar-refractivity contribution is 5.78. The molecule has 0 atom stereocenters. The lowest BCUT2D eigenvalue weighted by atomic mass is 10.1. The van der Waals surface area contributed by atoms with Crippen molar-refractivity contribution in [2.24, 2.45) is 7.05 Å². The monoisotopic (exact) mass is 379 g/mol. The minimum absolute atomic E-state index is 0.402. The summed E-state index contributed by atoms with van der Waals surface area (Å²) in [5.74, 6) is 0.691. The summed E-state index contributed by atoms with van der Waals surface area (Å²) in [6, 6.07) is 8.22. The molecule has 1 aromatic carbocycles. The predicted octanol–water partition coefficient (Wildman–Crippen LogP) is 3.23. The lowest BCUT2D eigenvalue weighted by Gasteiger charge is -2.11. The number of rotatable bonds is 6. The maximum Gasteiger partial charge on any atom is 0.329 e. The molecule has 0 radical (unpaired) electrons. The molecule has 0 amide bonds. The number of H-pyrrole nitrogens is 1. The van der Waals surface area contributed by atoms with Crippen molar-refractivity contribution < 1.29 is 0 Å². The van der Waals surface area contributed by atoms with Gasteiger partial charge in [0, 0.05) is 25.4 Å². The van der Waals surface area contributed by atoms with E-state index in [1.807, 2.05) is 22.7 Å². The van der Waals surface area contributed by atoms with Gasteiger partial charge in [-0.3, -0.25) is 18.7 Å². The Hall–Kier alpha value is -3.09. The smallest absolute Gasteiger partial charge is 0.310 e. The molecule has 0 aliphatic carbocycles. The van der Waals surface area contributed by atoms with Gasteiger partial charge in [0.15, 0.2) is 11.2 Å². The number of aromatic nitrogens is 5. The lowest BCUT2D eigenvalue weighted by Crippen LogP contribution is -2.28. The maximum absolute atomic E-state index is 12.5. The van der Waals surface area contributed by atoms with E-state index in [2.05, 4.69) is 40.5 Å². The van der Waals surface area contributed by atoms with E-state index >= 15 is 0 Å². The number of unbranched alkanes of at least 4 members (excludes halogenated alkanes) is 3. The second-order valence-electron chi connectivity index (χ2n) is 7.31. The SMILES string of the molecule is CCCCCCn1c(-c2ccccc2C)cn2c3c(=O)[nH]c(=O)n(C)c3nc12. The number of benzene rings is 1. The molecule has 28 heavy (non-hydrogen) atoms. The molecule has 146 valence electrons. The highest BCUT2D eigenvalue weighted by Crippen LogP contribution is 2.28. The Morgan fingerprint density at radius 2 is 1.89 bits per heavy atom. The molecule has 1 N–H and O–H groups in total. The first-order chi connectivity index (χ1) is 13.5. The normalized spacial score (nSPS) is 11.7. The van der Waals surface area contributed by atoms with Crippen molar-refractivity contribution in [3.05, 3.63) is 56.9 Å². The molecule has 0 unspecified atom stereocenters. The Morgan fingerprint density at radius 3 is 2.64 bits per heavy atom. The van der Waals surface area contributed by atoms with Crippen LogP contribution in [0.5, 0.6) is 0 Å². The third-order valence-electron chi connectivity index (χ3n) is 5.37. The summed E-state index contributed by atoms with van der Waals surface area (Å²) in [6.07, 6.45) is 6.52. The van der Waals surface area contributed by atoms with Crippen LogP contribution < -0.4 is 11.2 Å². The Kier molecular flexibility index (Phi) is 4.66. The van der Waals surface area contributed by atoms with Crippen molar-refractivity contribution in [2.45, 2.75) is 46.1 Å². The standard InChI is InChI=1S/C21H25N5O2/c1-4-5-6-9-12-25-16(15-11-8-7-10-14(15)2)13-26-17-18(22-20(25)26)24(3)21(28)23-19(17)27/h7-8,10-11,13H,4-6,9,12H2,1-3H3,(H,23,27,28). The number of hydrogen-bond acceptors (Lipinski definition) is 3. The van der Waals surface area contributed by atoms with Gasteiger partial charge in [0.05, 0.1) is 5.69 Å². The van der Waals surface area contributed by atoms with Gasteiger partial charge in [-0.05, 0) is 18.9 Å². The molecule has 7 heteroatoms. The Morgan fingerprint density at radius 1 is 1.11 bits per heavy atom. The third-order valence-corrected chi connectivity index (χ3v) is 5.37. The van der Waals surface area contributed by atoms with Crippen LogP contribution in [0.2, 0.25) is 0 Å². The summed E-state index contributed by atoms with van der Waals surface area (Å²) >= 11 is 0. The van der Waals surface area contributed by atoms with Crippen LogP contribution in [0.25, 0.3) is 28.2 Å². The van der Waals surface area contributed by atoms with E-state index in [9.17, 15) is 9.59 Å². The van der Waals surface area contributed by atoms with Crippen LogP contribution >= 0.6 is 0 Å². The average Bonchev–Trinajstić information content (AvgIpc) is 3.20. The number of imidazole rings is 2. The summed E-state index contributed by atoms with van der Waals surface area (Å²) in [7, 11) is 1.63. The molecule has 0 bridgehead atoms. The van der Waals surface area contributed by atoms with Gasteiger partial charge >= 0.3 is 5.69 Å². The molecular formula is C21H25N5O2. The van der Waals surface area contributed by atoms with E-state index in [0.29, 0.717) is 16.9 Å². The van der Waals surface area contributed by atoms with Gasteiger partial charge in [-0.25, -0.2) is 4.79 Å².